The first kappa shape index (κ1) is 10.4. The Kier molecular flexibility index (Phi) is 3.00. The molecule has 0 saturated heterocycles. The van der Waals surface area contributed by atoms with Crippen molar-refractivity contribution >= 4 is 5.97 Å². The lowest BCUT2D eigenvalue weighted by Gasteiger charge is -2.09. The summed E-state index contributed by atoms with van der Waals surface area (Å²) in [4.78, 5) is 10.3. The lowest BCUT2D eigenvalue weighted by molar-refractivity contribution is 0.0184. The van der Waals surface area contributed by atoms with Gasteiger partial charge in [-0.05, 0) is 12.1 Å². The maximum Gasteiger partial charge on any atom is 0.374 e. The number of aromatic carboxylic acids is 1. The van der Waals surface area contributed by atoms with E-state index < -0.39 is 24.3 Å². The van der Waals surface area contributed by atoms with Gasteiger partial charge in [-0.1, -0.05) is 0 Å². The van der Waals surface area contributed by atoms with Crippen molar-refractivity contribution < 1.29 is 27.9 Å². The van der Waals surface area contributed by atoms with Crippen molar-refractivity contribution in [3.63, 3.8) is 0 Å². The Labute approximate surface area is 77.3 Å². The fraction of sp³-hybridized carbons (Fsp3) is 0.429. The zero-order valence-electron chi connectivity index (χ0n) is 7.11. The molecule has 0 aromatic carbocycles. The highest BCUT2D eigenvalue weighted by Crippen LogP contribution is 2.15. The number of halogens is 2. The van der Waals surface area contributed by atoms with Gasteiger partial charge in [-0.25, -0.2) is 13.6 Å². The largest absolute Gasteiger partial charge is 0.475 e. The van der Waals surface area contributed by atoms with E-state index in [2.05, 4.69) is 14.4 Å². The third-order valence-electron chi connectivity index (χ3n) is 1.36. The summed E-state index contributed by atoms with van der Waals surface area (Å²) >= 11 is 0. The van der Waals surface area contributed by atoms with Crippen molar-refractivity contribution in [3.8, 4) is 5.88 Å². The highest BCUT2D eigenvalue weighted by Gasteiger charge is 2.19. The number of carboxylic acids is 1. The van der Waals surface area contributed by atoms with Crippen LogP contribution in [0.15, 0.2) is 10.6 Å². The zero-order chi connectivity index (χ0) is 10.7. The van der Waals surface area contributed by atoms with Crippen molar-refractivity contribution in [1.29, 1.82) is 0 Å². The molecule has 0 bridgehead atoms. The van der Waals surface area contributed by atoms with Crippen LogP contribution in [0.2, 0.25) is 0 Å². The van der Waals surface area contributed by atoms with Crippen LogP contribution in [0.1, 0.15) is 17.5 Å². The fourth-order valence-electron chi connectivity index (χ4n) is 0.657. The molecule has 0 spiro atoms. The van der Waals surface area contributed by atoms with Crippen LogP contribution in [-0.4, -0.2) is 28.8 Å². The molecule has 7 heteroatoms. The van der Waals surface area contributed by atoms with E-state index in [0.717, 1.165) is 13.0 Å². The highest BCUT2D eigenvalue weighted by atomic mass is 19.3. The summed E-state index contributed by atoms with van der Waals surface area (Å²) in [6.07, 6.45) is -4.03. The molecule has 1 N–H and O–H groups in total. The molecule has 1 aromatic rings. The number of hydrogen-bond acceptors (Lipinski definition) is 4. The van der Waals surface area contributed by atoms with Gasteiger partial charge in [-0.15, -0.1) is 0 Å². The molecule has 1 rings (SSSR count). The van der Waals surface area contributed by atoms with Gasteiger partial charge in [-0.3, -0.25) is 0 Å². The maximum absolute atomic E-state index is 12.0. The summed E-state index contributed by atoms with van der Waals surface area (Å²) in [5, 5.41) is 11.6. The van der Waals surface area contributed by atoms with Crippen LogP contribution in [0.3, 0.4) is 0 Å². The van der Waals surface area contributed by atoms with Gasteiger partial charge < -0.3 is 14.4 Å². The average molecular weight is 207 g/mol. The van der Waals surface area contributed by atoms with Crippen LogP contribution >= 0.6 is 0 Å². The number of carbonyl (C=O) groups is 1. The molecular formula is C7H7F2NO4. The van der Waals surface area contributed by atoms with Crippen LogP contribution in [-0.2, 0) is 0 Å². The number of nitrogens with zero attached hydrogens (tertiary/aromatic N) is 1. The van der Waals surface area contributed by atoms with E-state index in [4.69, 9.17) is 5.11 Å². The third-order valence-corrected chi connectivity index (χ3v) is 1.36. The summed E-state index contributed by atoms with van der Waals surface area (Å²) in [6, 6.07) is 0.932. The Balaban J connectivity index is 2.64. The number of alkyl halides is 2. The monoisotopic (exact) mass is 207 g/mol. The minimum atomic E-state index is -2.67. The van der Waals surface area contributed by atoms with Crippen LogP contribution in [0.5, 0.6) is 5.88 Å². The first-order chi connectivity index (χ1) is 6.50. The van der Waals surface area contributed by atoms with E-state index in [9.17, 15) is 13.6 Å². The minimum absolute atomic E-state index is 0.268. The zero-order valence-corrected chi connectivity index (χ0v) is 7.11. The molecule has 0 saturated carbocycles. The standard InChI is InChI=1S/C7H7F2NO4/c1-3(6(8)9)13-5-2-4(7(11)12)14-10-5/h2-3,6H,1H3,(H,11,12). The number of ether oxygens (including phenoxy) is 1. The van der Waals surface area contributed by atoms with Gasteiger partial charge in [-0.2, -0.15) is 0 Å². The molecule has 1 atom stereocenters. The number of carboxylic acid groups (broad SMARTS) is 1. The summed E-state index contributed by atoms with van der Waals surface area (Å²) < 4.78 is 32.8. The summed E-state index contributed by atoms with van der Waals surface area (Å²) in [6.45, 7) is 1.14. The van der Waals surface area contributed by atoms with Gasteiger partial charge in [0.25, 0.3) is 12.3 Å². The van der Waals surface area contributed by atoms with E-state index in [1.54, 1.807) is 0 Å². The minimum Gasteiger partial charge on any atom is -0.475 e. The van der Waals surface area contributed by atoms with Gasteiger partial charge in [0.1, 0.15) is 0 Å². The van der Waals surface area contributed by atoms with Crippen molar-refractivity contribution in [1.82, 2.24) is 5.16 Å². The molecule has 0 amide bonds. The lowest BCUT2D eigenvalue weighted by atomic mass is 10.4. The summed E-state index contributed by atoms with van der Waals surface area (Å²) in [5.74, 6) is -2.06. The summed E-state index contributed by atoms with van der Waals surface area (Å²) in [5.41, 5.74) is 0. The van der Waals surface area contributed by atoms with Crippen LogP contribution in [0.4, 0.5) is 8.78 Å². The Hall–Kier alpha value is -1.66. The van der Waals surface area contributed by atoms with E-state index in [1.165, 1.54) is 0 Å². The first-order valence-electron chi connectivity index (χ1n) is 3.65. The fourth-order valence-corrected chi connectivity index (χ4v) is 0.657. The molecular weight excluding hydrogens is 200 g/mol. The van der Waals surface area contributed by atoms with E-state index in [-0.39, 0.29) is 5.88 Å². The molecule has 0 radical (unpaired) electrons. The Morgan fingerprint density at radius 1 is 1.71 bits per heavy atom. The summed E-state index contributed by atoms with van der Waals surface area (Å²) in [7, 11) is 0. The topological polar surface area (TPSA) is 72.6 Å². The van der Waals surface area contributed by atoms with Crippen LogP contribution in [0, 0.1) is 0 Å². The Morgan fingerprint density at radius 3 is 2.79 bits per heavy atom. The van der Waals surface area contributed by atoms with E-state index in [1.807, 2.05) is 0 Å². The molecule has 1 heterocycles. The van der Waals surface area contributed by atoms with Crippen LogP contribution < -0.4 is 4.74 Å². The van der Waals surface area contributed by atoms with Crippen molar-refractivity contribution in [2.24, 2.45) is 0 Å². The van der Waals surface area contributed by atoms with Gasteiger partial charge in [0, 0.05) is 0 Å². The van der Waals surface area contributed by atoms with E-state index in [0.29, 0.717) is 0 Å². The molecule has 0 aliphatic carbocycles. The molecule has 78 valence electrons. The number of aromatic nitrogens is 1. The Bertz CT molecular complexity index is 325. The second kappa shape index (κ2) is 4.03. The molecule has 14 heavy (non-hydrogen) atoms. The van der Waals surface area contributed by atoms with Gasteiger partial charge in [0.05, 0.1) is 6.07 Å². The number of rotatable bonds is 4. The quantitative estimate of drug-likeness (QED) is 0.807. The first-order valence-corrected chi connectivity index (χ1v) is 3.65. The highest BCUT2D eigenvalue weighted by molar-refractivity contribution is 5.84. The molecule has 0 fully saturated rings. The van der Waals surface area contributed by atoms with Crippen molar-refractivity contribution in [3.05, 3.63) is 11.8 Å². The number of hydrogen-bond donors (Lipinski definition) is 1. The second-order valence-electron chi connectivity index (χ2n) is 2.49. The normalized spacial score (nSPS) is 12.9. The van der Waals surface area contributed by atoms with Gasteiger partial charge in [0.15, 0.2) is 6.10 Å². The van der Waals surface area contributed by atoms with Crippen molar-refractivity contribution in [2.45, 2.75) is 19.5 Å². The average Bonchev–Trinajstić information content (AvgIpc) is 2.52. The smallest absolute Gasteiger partial charge is 0.374 e. The molecule has 0 aliphatic rings. The molecule has 1 aromatic heterocycles. The SMILES string of the molecule is CC(Oc1cc(C(=O)O)on1)C(F)F. The van der Waals surface area contributed by atoms with Crippen LogP contribution in [0.25, 0.3) is 0 Å². The lowest BCUT2D eigenvalue weighted by Crippen LogP contribution is -2.21. The van der Waals surface area contributed by atoms with Crippen molar-refractivity contribution in [2.75, 3.05) is 0 Å². The predicted molar refractivity (Wildman–Crippen MR) is 39.6 cm³/mol. The predicted octanol–water partition coefficient (Wildman–Crippen LogP) is 1.41. The molecule has 0 aliphatic heterocycles. The second-order valence-corrected chi connectivity index (χ2v) is 2.49. The van der Waals surface area contributed by atoms with E-state index >= 15 is 0 Å². The molecule has 5 nitrogen and oxygen atoms in total. The van der Waals surface area contributed by atoms with Gasteiger partial charge >= 0.3 is 5.97 Å². The third kappa shape index (κ3) is 2.41. The maximum atomic E-state index is 12.0. The Morgan fingerprint density at radius 2 is 2.36 bits per heavy atom. The van der Waals surface area contributed by atoms with Gasteiger partial charge in [0.2, 0.25) is 5.76 Å². The molecule has 1 unspecified atom stereocenters.